The van der Waals surface area contributed by atoms with Gasteiger partial charge in [0.05, 0.1) is 11.5 Å². The normalized spacial score (nSPS) is 30.9. The largest absolute Gasteiger partial charge is 0.481 e. The number of hydrogen-bond acceptors (Lipinski definition) is 2. The fraction of sp³-hybridized carbons (Fsp3) is 0.933. The van der Waals surface area contributed by atoms with Crippen LogP contribution < -0.4 is 0 Å². The molecule has 0 aromatic heterocycles. The monoisotopic (exact) mass is 254 g/mol. The van der Waals surface area contributed by atoms with Gasteiger partial charge >= 0.3 is 5.97 Å². The number of rotatable bonds is 3. The Labute approximate surface area is 110 Å². The molecule has 2 rings (SSSR count). The third-order valence-corrected chi connectivity index (χ3v) is 4.91. The van der Waals surface area contributed by atoms with Gasteiger partial charge in [0, 0.05) is 6.61 Å². The second kappa shape index (κ2) is 5.20. The molecule has 0 amide bonds. The highest BCUT2D eigenvalue weighted by molar-refractivity contribution is 5.74. The number of carboxylic acids is 1. The Hall–Kier alpha value is -0.570. The average Bonchev–Trinajstić information content (AvgIpc) is 2.33. The van der Waals surface area contributed by atoms with Crippen molar-refractivity contribution in [1.82, 2.24) is 0 Å². The Morgan fingerprint density at radius 3 is 2.39 bits per heavy atom. The summed E-state index contributed by atoms with van der Waals surface area (Å²) in [6.07, 6.45) is 7.92. The van der Waals surface area contributed by atoms with E-state index >= 15 is 0 Å². The van der Waals surface area contributed by atoms with Crippen molar-refractivity contribution in [2.24, 2.45) is 10.8 Å². The molecule has 0 aromatic carbocycles. The lowest BCUT2D eigenvalue weighted by atomic mass is 9.63. The molecule has 2 aliphatic rings. The van der Waals surface area contributed by atoms with Gasteiger partial charge in [0.15, 0.2) is 0 Å². The van der Waals surface area contributed by atoms with E-state index in [2.05, 4.69) is 13.8 Å². The van der Waals surface area contributed by atoms with Crippen LogP contribution in [0.4, 0.5) is 0 Å². The Kier molecular flexibility index (Phi) is 4.00. The maximum absolute atomic E-state index is 11.7. The summed E-state index contributed by atoms with van der Waals surface area (Å²) in [5.74, 6) is -0.604. The van der Waals surface area contributed by atoms with Gasteiger partial charge in [-0.3, -0.25) is 4.79 Å². The van der Waals surface area contributed by atoms with Gasteiger partial charge < -0.3 is 9.84 Å². The predicted molar refractivity (Wildman–Crippen MR) is 70.5 cm³/mol. The van der Waals surface area contributed by atoms with Crippen LogP contribution in [-0.2, 0) is 9.53 Å². The first-order valence-electron chi connectivity index (χ1n) is 7.29. The first-order valence-corrected chi connectivity index (χ1v) is 7.29. The zero-order valence-corrected chi connectivity index (χ0v) is 11.7. The Balaban J connectivity index is 2.01. The van der Waals surface area contributed by atoms with Crippen LogP contribution in [-0.4, -0.2) is 23.8 Å². The second-order valence-electron chi connectivity index (χ2n) is 6.94. The van der Waals surface area contributed by atoms with Crippen molar-refractivity contribution >= 4 is 5.97 Å². The first-order chi connectivity index (χ1) is 8.44. The van der Waals surface area contributed by atoms with E-state index in [1.165, 1.54) is 6.42 Å². The van der Waals surface area contributed by atoms with Crippen molar-refractivity contribution in [3.05, 3.63) is 0 Å². The molecule has 2 fully saturated rings. The van der Waals surface area contributed by atoms with E-state index in [-0.39, 0.29) is 6.10 Å². The van der Waals surface area contributed by atoms with Gasteiger partial charge in [-0.25, -0.2) is 0 Å². The molecule has 0 radical (unpaired) electrons. The zero-order valence-electron chi connectivity index (χ0n) is 11.7. The molecule has 0 aromatic rings. The zero-order chi connectivity index (χ0) is 13.2. The third-order valence-electron chi connectivity index (χ3n) is 4.91. The summed E-state index contributed by atoms with van der Waals surface area (Å²) in [5.41, 5.74) is -0.204. The average molecular weight is 254 g/mol. The van der Waals surface area contributed by atoms with E-state index in [0.29, 0.717) is 5.41 Å². The molecule has 1 saturated heterocycles. The van der Waals surface area contributed by atoms with Gasteiger partial charge in [0.25, 0.3) is 0 Å². The summed E-state index contributed by atoms with van der Waals surface area (Å²) in [6.45, 7) is 5.30. The van der Waals surface area contributed by atoms with Crippen molar-refractivity contribution < 1.29 is 14.6 Å². The molecular formula is C15H26O3. The third kappa shape index (κ3) is 3.05. The minimum absolute atomic E-state index is 0.177. The molecule has 1 N–H and O–H groups in total. The van der Waals surface area contributed by atoms with E-state index < -0.39 is 11.4 Å². The summed E-state index contributed by atoms with van der Waals surface area (Å²) in [4.78, 5) is 11.7. The highest BCUT2D eigenvalue weighted by atomic mass is 16.5. The maximum Gasteiger partial charge on any atom is 0.309 e. The Morgan fingerprint density at radius 1 is 1.22 bits per heavy atom. The lowest BCUT2D eigenvalue weighted by molar-refractivity contribution is -0.156. The fourth-order valence-corrected chi connectivity index (χ4v) is 3.31. The van der Waals surface area contributed by atoms with E-state index in [4.69, 9.17) is 4.74 Å². The van der Waals surface area contributed by atoms with Crippen LogP contribution in [0.2, 0.25) is 0 Å². The lowest BCUT2D eigenvalue weighted by Gasteiger charge is -2.42. The van der Waals surface area contributed by atoms with Crippen molar-refractivity contribution in [2.75, 3.05) is 6.61 Å². The van der Waals surface area contributed by atoms with Gasteiger partial charge in [0.1, 0.15) is 0 Å². The van der Waals surface area contributed by atoms with E-state index in [9.17, 15) is 9.90 Å². The molecule has 1 unspecified atom stereocenters. The predicted octanol–water partition coefficient (Wildman–Crippen LogP) is 3.62. The van der Waals surface area contributed by atoms with Crippen molar-refractivity contribution in [3.8, 4) is 0 Å². The van der Waals surface area contributed by atoms with Crippen LogP contribution in [0.15, 0.2) is 0 Å². The van der Waals surface area contributed by atoms with Crippen molar-refractivity contribution in [2.45, 2.75) is 71.3 Å². The standard InChI is InChI=1S/C15H26O3/c1-14(2)6-8-15(9-7-14,13(16)17)11-12-5-3-4-10-18-12/h12H,3-11H2,1-2H3,(H,16,17). The SMILES string of the molecule is CC1(C)CCC(CC2CCCCO2)(C(=O)O)CC1. The van der Waals surface area contributed by atoms with Crippen LogP contribution in [0.1, 0.15) is 65.2 Å². The number of carbonyl (C=O) groups is 1. The summed E-state index contributed by atoms with van der Waals surface area (Å²) >= 11 is 0. The van der Waals surface area contributed by atoms with Gasteiger partial charge in [-0.05, 0) is 56.8 Å². The summed E-state index contributed by atoms with van der Waals surface area (Å²) in [5, 5.41) is 9.63. The minimum Gasteiger partial charge on any atom is -0.481 e. The molecular weight excluding hydrogens is 228 g/mol. The van der Waals surface area contributed by atoms with Gasteiger partial charge in [-0.2, -0.15) is 0 Å². The molecule has 104 valence electrons. The molecule has 3 nitrogen and oxygen atoms in total. The van der Waals surface area contributed by atoms with Crippen LogP contribution in [0.3, 0.4) is 0 Å². The van der Waals surface area contributed by atoms with Gasteiger partial charge in [-0.1, -0.05) is 13.8 Å². The number of aliphatic carboxylic acids is 1. The second-order valence-corrected chi connectivity index (χ2v) is 6.94. The van der Waals surface area contributed by atoms with E-state index in [1.54, 1.807) is 0 Å². The molecule has 1 saturated carbocycles. The molecule has 18 heavy (non-hydrogen) atoms. The maximum atomic E-state index is 11.7. The molecule has 1 atom stereocenters. The summed E-state index contributed by atoms with van der Waals surface area (Å²) in [7, 11) is 0. The van der Waals surface area contributed by atoms with Crippen LogP contribution in [0, 0.1) is 10.8 Å². The van der Waals surface area contributed by atoms with E-state index in [0.717, 1.165) is 51.6 Å². The molecule has 0 spiro atoms. The lowest BCUT2D eigenvalue weighted by Crippen LogP contribution is -2.41. The Morgan fingerprint density at radius 2 is 1.89 bits per heavy atom. The minimum atomic E-state index is -0.604. The molecule has 1 heterocycles. The summed E-state index contributed by atoms with van der Waals surface area (Å²) < 4.78 is 5.74. The molecule has 3 heteroatoms. The molecule has 1 aliphatic carbocycles. The van der Waals surface area contributed by atoms with Crippen LogP contribution >= 0.6 is 0 Å². The van der Waals surface area contributed by atoms with Crippen molar-refractivity contribution in [1.29, 1.82) is 0 Å². The van der Waals surface area contributed by atoms with Gasteiger partial charge in [0.2, 0.25) is 0 Å². The number of carboxylic acid groups (broad SMARTS) is 1. The number of ether oxygens (including phenoxy) is 1. The fourth-order valence-electron chi connectivity index (χ4n) is 3.31. The highest BCUT2D eigenvalue weighted by Crippen LogP contribution is 2.48. The highest BCUT2D eigenvalue weighted by Gasteiger charge is 2.45. The first kappa shape index (κ1) is 13.9. The Bertz CT molecular complexity index is 293. The summed E-state index contributed by atoms with van der Waals surface area (Å²) in [6, 6.07) is 0. The smallest absolute Gasteiger partial charge is 0.309 e. The molecule has 1 aliphatic heterocycles. The van der Waals surface area contributed by atoms with Crippen LogP contribution in [0.25, 0.3) is 0 Å². The van der Waals surface area contributed by atoms with Crippen LogP contribution in [0.5, 0.6) is 0 Å². The van der Waals surface area contributed by atoms with E-state index in [1.807, 2.05) is 0 Å². The van der Waals surface area contributed by atoms with Gasteiger partial charge in [-0.15, -0.1) is 0 Å². The quantitative estimate of drug-likeness (QED) is 0.836. The number of hydrogen-bond donors (Lipinski definition) is 1. The van der Waals surface area contributed by atoms with Crippen molar-refractivity contribution in [3.63, 3.8) is 0 Å². The topological polar surface area (TPSA) is 46.5 Å². The molecule has 0 bridgehead atoms.